The molecule has 0 aliphatic carbocycles. The summed E-state index contributed by atoms with van der Waals surface area (Å²) in [6.45, 7) is 1.33. The summed E-state index contributed by atoms with van der Waals surface area (Å²) in [5.74, 6) is -1.26. The molecule has 0 bridgehead atoms. The largest absolute Gasteiger partial charge is 0.430 e. The number of urea groups is 1. The number of piperazine rings is 1. The van der Waals surface area contributed by atoms with Crippen molar-refractivity contribution in [3.8, 4) is 0 Å². The molecule has 0 atom stereocenters. The van der Waals surface area contributed by atoms with E-state index in [0.29, 0.717) is 36.5 Å². The fraction of sp³-hybridized carbons (Fsp3) is 0.286. The van der Waals surface area contributed by atoms with E-state index in [1.54, 1.807) is 30.3 Å². The van der Waals surface area contributed by atoms with Gasteiger partial charge in [-0.3, -0.25) is 9.69 Å². The number of halogens is 7. The van der Waals surface area contributed by atoms with Crippen molar-refractivity contribution in [2.24, 2.45) is 0 Å². The molecule has 14 heteroatoms. The zero-order valence-corrected chi connectivity index (χ0v) is 21.8. The summed E-state index contributed by atoms with van der Waals surface area (Å²) in [6.07, 6.45) is -11.9. The Kier molecular flexibility index (Phi) is 8.78. The van der Waals surface area contributed by atoms with E-state index in [9.17, 15) is 45.4 Å². The number of benzene rings is 3. The van der Waals surface area contributed by atoms with Crippen molar-refractivity contribution in [2.75, 3.05) is 36.8 Å². The maximum atomic E-state index is 14.7. The molecule has 3 aromatic rings. The van der Waals surface area contributed by atoms with Crippen LogP contribution in [0, 0.1) is 5.82 Å². The van der Waals surface area contributed by atoms with Crippen LogP contribution in [0.2, 0.25) is 0 Å². The average Bonchev–Trinajstić information content (AvgIpc) is 2.93. The molecule has 4 rings (SSSR count). The first kappa shape index (κ1) is 30.8. The molecule has 1 aliphatic rings. The lowest BCUT2D eigenvalue weighted by molar-refractivity contribution is -0.376. The highest BCUT2D eigenvalue weighted by molar-refractivity contribution is 6.00. The summed E-state index contributed by atoms with van der Waals surface area (Å²) in [5.41, 5.74) is -5.48. The number of alkyl halides is 6. The molecule has 0 radical (unpaired) electrons. The lowest BCUT2D eigenvalue weighted by Crippen LogP contribution is -2.53. The molecule has 7 nitrogen and oxygen atoms in total. The summed E-state index contributed by atoms with van der Waals surface area (Å²) in [4.78, 5) is 28.4. The van der Waals surface area contributed by atoms with E-state index < -0.39 is 41.3 Å². The molecule has 224 valence electrons. The number of nitrogens with zero attached hydrogens (tertiary/aromatic N) is 2. The molecule has 0 aromatic heterocycles. The average molecular weight is 599 g/mol. The fourth-order valence-corrected chi connectivity index (χ4v) is 4.44. The van der Waals surface area contributed by atoms with Gasteiger partial charge in [0.15, 0.2) is 0 Å². The van der Waals surface area contributed by atoms with Crippen molar-refractivity contribution in [1.82, 2.24) is 9.80 Å². The van der Waals surface area contributed by atoms with Crippen LogP contribution in [-0.2, 0) is 12.1 Å². The molecule has 0 spiro atoms. The normalized spacial score (nSPS) is 14.9. The van der Waals surface area contributed by atoms with Crippen molar-refractivity contribution < 1.29 is 45.4 Å². The topological polar surface area (TPSA) is 84.9 Å². The molecule has 0 saturated carbocycles. The van der Waals surface area contributed by atoms with Crippen LogP contribution in [-0.4, -0.2) is 65.4 Å². The maximum Gasteiger partial charge on any atom is 0.430 e. The van der Waals surface area contributed by atoms with Gasteiger partial charge in [0.05, 0.1) is 5.69 Å². The van der Waals surface area contributed by atoms with E-state index in [2.05, 4.69) is 10.6 Å². The number of para-hydroxylation sites is 1. The van der Waals surface area contributed by atoms with Gasteiger partial charge in [-0.1, -0.05) is 42.5 Å². The van der Waals surface area contributed by atoms with Crippen molar-refractivity contribution in [2.45, 2.75) is 24.5 Å². The van der Waals surface area contributed by atoms with Gasteiger partial charge in [0.2, 0.25) is 0 Å². The number of carbonyl (C=O) groups is 2. The third-order valence-corrected chi connectivity index (χ3v) is 6.75. The predicted octanol–water partition coefficient (Wildman–Crippen LogP) is 5.74. The number of nitrogens with one attached hydrogen (secondary N) is 2. The second-order valence-electron chi connectivity index (χ2n) is 9.61. The van der Waals surface area contributed by atoms with Crippen LogP contribution in [0.25, 0.3) is 0 Å². The van der Waals surface area contributed by atoms with E-state index in [4.69, 9.17) is 0 Å². The van der Waals surface area contributed by atoms with E-state index >= 15 is 0 Å². The van der Waals surface area contributed by atoms with Gasteiger partial charge in [-0.25, -0.2) is 9.18 Å². The molecule has 3 aromatic carbocycles. The Morgan fingerprint density at radius 3 is 1.93 bits per heavy atom. The molecule has 42 heavy (non-hydrogen) atoms. The molecule has 1 heterocycles. The number of anilines is 2. The SMILES string of the molecule is O=C(Nc1ccccc1)Nc1ccc(C(=O)N2CCN(Cc3ccc(C(O)(C(F)(F)F)C(F)(F)F)cc3)CC2)cc1F. The Hall–Kier alpha value is -4.17. The smallest absolute Gasteiger partial charge is 0.369 e. The van der Waals surface area contributed by atoms with Crippen LogP contribution >= 0.6 is 0 Å². The standard InChI is InChI=1S/C28H25F7N4O3/c29-22-16-19(8-11-23(22)37-25(41)36-21-4-2-1-3-5-21)24(40)39-14-12-38(13-15-39)17-18-6-9-20(10-7-18)26(42,27(30,31)32)28(33,34)35/h1-11,16,42H,12-15,17H2,(H2,36,37,41). The number of aliphatic hydroxyl groups is 1. The van der Waals surface area contributed by atoms with Crippen LogP contribution in [0.3, 0.4) is 0 Å². The van der Waals surface area contributed by atoms with E-state index in [-0.39, 0.29) is 30.9 Å². The van der Waals surface area contributed by atoms with E-state index in [1.807, 2.05) is 4.90 Å². The van der Waals surface area contributed by atoms with Gasteiger partial charge in [-0.2, -0.15) is 26.3 Å². The zero-order valence-electron chi connectivity index (χ0n) is 21.8. The Morgan fingerprint density at radius 2 is 1.38 bits per heavy atom. The minimum absolute atomic E-state index is 0.0624. The van der Waals surface area contributed by atoms with Gasteiger partial charge >= 0.3 is 18.4 Å². The third kappa shape index (κ3) is 6.65. The first-order valence-corrected chi connectivity index (χ1v) is 12.6. The second kappa shape index (κ2) is 12.0. The van der Waals surface area contributed by atoms with Gasteiger partial charge in [0.1, 0.15) is 5.82 Å². The summed E-state index contributed by atoms with van der Waals surface area (Å²) in [5, 5.41) is 14.5. The predicted molar refractivity (Wildman–Crippen MR) is 139 cm³/mol. The van der Waals surface area contributed by atoms with Crippen molar-refractivity contribution >= 4 is 23.3 Å². The summed E-state index contributed by atoms with van der Waals surface area (Å²) < 4.78 is 93.2. The molecule has 3 amide bonds. The highest BCUT2D eigenvalue weighted by Crippen LogP contribution is 2.50. The second-order valence-corrected chi connectivity index (χ2v) is 9.61. The molecule has 1 fully saturated rings. The van der Waals surface area contributed by atoms with Crippen molar-refractivity contribution in [3.63, 3.8) is 0 Å². The Morgan fingerprint density at radius 1 is 0.786 bits per heavy atom. The Labute approximate surface area is 235 Å². The number of carbonyl (C=O) groups excluding carboxylic acids is 2. The van der Waals surface area contributed by atoms with Crippen molar-refractivity contribution in [3.05, 3.63) is 95.3 Å². The number of hydrogen-bond donors (Lipinski definition) is 3. The molecule has 1 aliphatic heterocycles. The van der Waals surface area contributed by atoms with E-state index in [0.717, 1.165) is 18.2 Å². The molecule has 3 N–H and O–H groups in total. The first-order chi connectivity index (χ1) is 19.7. The number of rotatable bonds is 6. The minimum atomic E-state index is -5.97. The Balaban J connectivity index is 1.32. The monoisotopic (exact) mass is 598 g/mol. The quantitative estimate of drug-likeness (QED) is 0.316. The molecule has 0 unspecified atom stereocenters. The summed E-state index contributed by atoms with van der Waals surface area (Å²) in [6, 6.07) is 14.8. The van der Waals surface area contributed by atoms with Gasteiger partial charge in [-0.05, 0) is 35.9 Å². The summed E-state index contributed by atoms with van der Waals surface area (Å²) in [7, 11) is 0. The fourth-order valence-electron chi connectivity index (χ4n) is 4.44. The molecule has 1 saturated heterocycles. The van der Waals surface area contributed by atoms with Gasteiger partial charge < -0.3 is 20.6 Å². The third-order valence-electron chi connectivity index (χ3n) is 6.75. The van der Waals surface area contributed by atoms with Crippen LogP contribution < -0.4 is 10.6 Å². The lowest BCUT2D eigenvalue weighted by atomic mass is 9.91. The first-order valence-electron chi connectivity index (χ1n) is 12.6. The molecular formula is C28H25F7N4O3. The highest BCUT2D eigenvalue weighted by Gasteiger charge is 2.71. The van der Waals surface area contributed by atoms with Crippen LogP contribution in [0.4, 0.5) is 46.9 Å². The lowest BCUT2D eigenvalue weighted by Gasteiger charge is -2.35. The maximum absolute atomic E-state index is 14.7. The minimum Gasteiger partial charge on any atom is -0.369 e. The molecular weight excluding hydrogens is 573 g/mol. The van der Waals surface area contributed by atoms with Gasteiger partial charge in [0, 0.05) is 49.5 Å². The van der Waals surface area contributed by atoms with Gasteiger partial charge in [-0.15, -0.1) is 0 Å². The summed E-state index contributed by atoms with van der Waals surface area (Å²) >= 11 is 0. The van der Waals surface area contributed by atoms with Crippen molar-refractivity contribution in [1.29, 1.82) is 0 Å². The van der Waals surface area contributed by atoms with E-state index in [1.165, 1.54) is 17.0 Å². The Bertz CT molecular complexity index is 1390. The van der Waals surface area contributed by atoms with Crippen LogP contribution in [0.5, 0.6) is 0 Å². The highest BCUT2D eigenvalue weighted by atomic mass is 19.4. The number of hydrogen-bond acceptors (Lipinski definition) is 4. The number of amides is 3. The van der Waals surface area contributed by atoms with Gasteiger partial charge in [0.25, 0.3) is 11.5 Å². The zero-order chi connectivity index (χ0) is 30.7. The van der Waals surface area contributed by atoms with Crippen LogP contribution in [0.1, 0.15) is 21.5 Å². The van der Waals surface area contributed by atoms with Crippen LogP contribution in [0.15, 0.2) is 72.8 Å².